The van der Waals surface area contributed by atoms with Gasteiger partial charge in [-0.25, -0.2) is 9.59 Å². The van der Waals surface area contributed by atoms with Gasteiger partial charge < -0.3 is 20.8 Å². The minimum Gasteiger partial charge on any atom is -0.481 e. The first kappa shape index (κ1) is 17.1. The van der Waals surface area contributed by atoms with Crippen molar-refractivity contribution >= 4 is 46.9 Å². The van der Waals surface area contributed by atoms with E-state index >= 15 is 0 Å². The van der Waals surface area contributed by atoms with Crippen LogP contribution in [0.15, 0.2) is 18.2 Å². The van der Waals surface area contributed by atoms with Gasteiger partial charge in [-0.1, -0.05) is 23.2 Å². The zero-order valence-corrected chi connectivity index (χ0v) is 12.1. The number of amides is 2. The van der Waals surface area contributed by atoms with Gasteiger partial charge in [-0.2, -0.15) is 0 Å². The number of halogens is 2. The number of carbonyl (C=O) groups is 3. The van der Waals surface area contributed by atoms with Gasteiger partial charge in [0.2, 0.25) is 0 Å². The van der Waals surface area contributed by atoms with Gasteiger partial charge in [-0.3, -0.25) is 4.79 Å². The van der Waals surface area contributed by atoms with Gasteiger partial charge in [0.1, 0.15) is 6.04 Å². The molecule has 0 saturated carbocycles. The fourth-order valence-corrected chi connectivity index (χ4v) is 1.72. The van der Waals surface area contributed by atoms with Crippen molar-refractivity contribution in [3.8, 4) is 0 Å². The lowest BCUT2D eigenvalue weighted by Gasteiger charge is -2.14. The Balaban J connectivity index is 2.62. The van der Waals surface area contributed by atoms with Crippen molar-refractivity contribution < 1.29 is 24.6 Å². The molecule has 1 aromatic rings. The minimum absolute atomic E-state index is 0.223. The van der Waals surface area contributed by atoms with Crippen LogP contribution < -0.4 is 10.6 Å². The molecule has 0 saturated heterocycles. The van der Waals surface area contributed by atoms with Crippen LogP contribution in [0.1, 0.15) is 12.8 Å². The van der Waals surface area contributed by atoms with E-state index in [1.165, 1.54) is 18.2 Å². The monoisotopic (exact) mass is 334 g/mol. The van der Waals surface area contributed by atoms with E-state index in [1.807, 2.05) is 0 Å². The molecule has 7 nitrogen and oxygen atoms in total. The molecule has 0 heterocycles. The summed E-state index contributed by atoms with van der Waals surface area (Å²) in [6.07, 6.45) is -0.594. The Kier molecular flexibility index (Phi) is 6.26. The van der Waals surface area contributed by atoms with Crippen molar-refractivity contribution in [2.75, 3.05) is 5.32 Å². The van der Waals surface area contributed by atoms with Gasteiger partial charge in [0.15, 0.2) is 0 Å². The predicted octanol–water partition coefficient (Wildman–Crippen LogP) is 2.43. The van der Waals surface area contributed by atoms with Crippen molar-refractivity contribution in [2.45, 2.75) is 18.9 Å². The van der Waals surface area contributed by atoms with Gasteiger partial charge in [-0.05, 0) is 24.6 Å². The summed E-state index contributed by atoms with van der Waals surface area (Å²) in [5.41, 5.74) is 0.323. The molecule has 4 N–H and O–H groups in total. The van der Waals surface area contributed by atoms with Crippen LogP contribution in [0.4, 0.5) is 10.5 Å². The number of aliphatic carboxylic acids is 2. The number of carboxylic acid groups (broad SMARTS) is 2. The molecule has 1 atom stereocenters. The fraction of sp³-hybridized carbons (Fsp3) is 0.250. The highest BCUT2D eigenvalue weighted by Gasteiger charge is 2.20. The molecule has 0 bridgehead atoms. The van der Waals surface area contributed by atoms with Crippen LogP contribution in [0, 0.1) is 0 Å². The number of carbonyl (C=O) groups excluding carboxylic acids is 1. The molecular weight excluding hydrogens is 323 g/mol. The Morgan fingerprint density at radius 2 is 1.81 bits per heavy atom. The molecule has 0 fully saturated rings. The van der Waals surface area contributed by atoms with Crippen molar-refractivity contribution in [2.24, 2.45) is 0 Å². The summed E-state index contributed by atoms with van der Waals surface area (Å²) in [7, 11) is 0. The minimum atomic E-state index is -1.32. The maximum atomic E-state index is 11.7. The number of urea groups is 1. The van der Waals surface area contributed by atoms with Gasteiger partial charge >= 0.3 is 18.0 Å². The fourth-order valence-electron chi connectivity index (χ4n) is 1.42. The van der Waals surface area contributed by atoms with Crippen LogP contribution in [-0.2, 0) is 9.59 Å². The van der Waals surface area contributed by atoms with Crippen LogP contribution in [0.2, 0.25) is 10.0 Å². The van der Waals surface area contributed by atoms with Crippen LogP contribution in [-0.4, -0.2) is 34.2 Å². The Hall–Kier alpha value is -1.99. The molecule has 0 aromatic heterocycles. The number of rotatable bonds is 6. The quantitative estimate of drug-likeness (QED) is 0.637. The van der Waals surface area contributed by atoms with Gasteiger partial charge in [0.05, 0.1) is 10.0 Å². The predicted molar refractivity (Wildman–Crippen MR) is 76.9 cm³/mol. The smallest absolute Gasteiger partial charge is 0.326 e. The van der Waals surface area contributed by atoms with E-state index in [0.717, 1.165) is 0 Å². The highest BCUT2D eigenvalue weighted by Crippen LogP contribution is 2.24. The molecule has 9 heteroatoms. The third kappa shape index (κ3) is 5.88. The lowest BCUT2D eigenvalue weighted by Crippen LogP contribution is -2.43. The van der Waals surface area contributed by atoms with E-state index in [1.54, 1.807) is 0 Å². The van der Waals surface area contributed by atoms with E-state index in [0.29, 0.717) is 10.7 Å². The third-order valence-corrected chi connectivity index (χ3v) is 3.17. The number of anilines is 1. The molecule has 114 valence electrons. The Morgan fingerprint density at radius 3 is 2.33 bits per heavy atom. The average Bonchev–Trinajstić information content (AvgIpc) is 2.38. The third-order valence-electron chi connectivity index (χ3n) is 2.43. The van der Waals surface area contributed by atoms with E-state index < -0.39 is 24.0 Å². The second-order valence-corrected chi connectivity index (χ2v) is 4.86. The molecule has 1 rings (SSSR count). The normalized spacial score (nSPS) is 11.5. The first-order valence-corrected chi connectivity index (χ1v) is 6.52. The van der Waals surface area contributed by atoms with E-state index in [9.17, 15) is 14.4 Å². The summed E-state index contributed by atoms with van der Waals surface area (Å²) >= 11 is 11.5. The second kappa shape index (κ2) is 7.70. The largest absolute Gasteiger partial charge is 0.481 e. The SMILES string of the molecule is O=C(O)CC[C@H](NC(=O)Nc1ccc(Cl)c(Cl)c1)C(=O)O. The molecule has 0 unspecified atom stereocenters. The standard InChI is InChI=1S/C12H12Cl2N2O5/c13-7-2-1-6(5-8(7)14)15-12(21)16-9(11(19)20)3-4-10(17)18/h1-2,5,9H,3-4H2,(H,17,18)(H,19,20)(H2,15,16,21)/t9-/m0/s1. The van der Waals surface area contributed by atoms with Crippen molar-refractivity contribution in [1.29, 1.82) is 0 Å². The van der Waals surface area contributed by atoms with Gasteiger partial charge in [-0.15, -0.1) is 0 Å². The van der Waals surface area contributed by atoms with Crippen LogP contribution >= 0.6 is 23.2 Å². The Morgan fingerprint density at radius 1 is 1.14 bits per heavy atom. The second-order valence-electron chi connectivity index (χ2n) is 4.05. The summed E-state index contributed by atoms with van der Waals surface area (Å²) in [6.45, 7) is 0. The summed E-state index contributed by atoms with van der Waals surface area (Å²) in [5, 5.41) is 22.5. The zero-order valence-electron chi connectivity index (χ0n) is 10.6. The van der Waals surface area contributed by atoms with Crippen LogP contribution in [0.25, 0.3) is 0 Å². The highest BCUT2D eigenvalue weighted by molar-refractivity contribution is 6.42. The van der Waals surface area contributed by atoms with E-state index in [2.05, 4.69) is 10.6 Å². The zero-order chi connectivity index (χ0) is 16.0. The molecule has 0 spiro atoms. The maximum absolute atomic E-state index is 11.7. The number of benzene rings is 1. The average molecular weight is 335 g/mol. The number of carboxylic acids is 2. The van der Waals surface area contributed by atoms with Crippen LogP contribution in [0.3, 0.4) is 0 Å². The number of nitrogens with one attached hydrogen (secondary N) is 2. The molecule has 0 radical (unpaired) electrons. The first-order valence-electron chi connectivity index (χ1n) is 5.76. The van der Waals surface area contributed by atoms with Gasteiger partial charge in [0.25, 0.3) is 0 Å². The molecule has 0 aliphatic carbocycles. The topological polar surface area (TPSA) is 116 Å². The number of hydrogen-bond donors (Lipinski definition) is 4. The molecule has 0 aliphatic rings. The van der Waals surface area contributed by atoms with Crippen molar-refractivity contribution in [1.82, 2.24) is 5.32 Å². The summed E-state index contributed by atoms with van der Waals surface area (Å²) in [5.74, 6) is -2.46. The summed E-state index contributed by atoms with van der Waals surface area (Å²) in [4.78, 5) is 33.0. The molecular formula is C12H12Cl2N2O5. The van der Waals surface area contributed by atoms with Crippen molar-refractivity contribution in [3.05, 3.63) is 28.2 Å². The first-order chi connectivity index (χ1) is 9.79. The lowest BCUT2D eigenvalue weighted by atomic mass is 10.1. The van der Waals surface area contributed by atoms with E-state index in [4.69, 9.17) is 33.4 Å². The Bertz CT molecular complexity index is 565. The lowest BCUT2D eigenvalue weighted by molar-refractivity contribution is -0.140. The molecule has 21 heavy (non-hydrogen) atoms. The van der Waals surface area contributed by atoms with Gasteiger partial charge in [0, 0.05) is 12.1 Å². The molecule has 0 aliphatic heterocycles. The molecule has 1 aromatic carbocycles. The van der Waals surface area contributed by atoms with E-state index in [-0.39, 0.29) is 17.9 Å². The van der Waals surface area contributed by atoms with Crippen molar-refractivity contribution in [3.63, 3.8) is 0 Å². The summed E-state index contributed by atoms with van der Waals surface area (Å²) < 4.78 is 0. The summed E-state index contributed by atoms with van der Waals surface area (Å²) in [6, 6.07) is 2.27. The van der Waals surface area contributed by atoms with Crippen LogP contribution in [0.5, 0.6) is 0 Å². The maximum Gasteiger partial charge on any atom is 0.326 e. The highest BCUT2D eigenvalue weighted by atomic mass is 35.5. The molecule has 2 amide bonds. The Labute approximate surface area is 129 Å². The number of hydrogen-bond acceptors (Lipinski definition) is 3.